The fourth-order valence-corrected chi connectivity index (χ4v) is 2.65. The van der Waals surface area contributed by atoms with Crippen LogP contribution in [0.2, 0.25) is 0 Å². The molecule has 102 valence electrons. The van der Waals surface area contributed by atoms with Gasteiger partial charge in [0.25, 0.3) is 0 Å². The van der Waals surface area contributed by atoms with Crippen molar-refractivity contribution >= 4 is 11.8 Å². The third-order valence-electron chi connectivity index (χ3n) is 2.72. The Morgan fingerprint density at radius 2 is 2.21 bits per heavy atom. The van der Waals surface area contributed by atoms with Crippen LogP contribution in [0.5, 0.6) is 5.75 Å². The Morgan fingerprint density at radius 3 is 2.89 bits per heavy atom. The highest BCUT2D eigenvalue weighted by molar-refractivity contribution is 7.99. The van der Waals surface area contributed by atoms with Crippen molar-refractivity contribution in [1.82, 2.24) is 9.78 Å². The van der Waals surface area contributed by atoms with Gasteiger partial charge < -0.3 is 9.84 Å². The minimum atomic E-state index is -0.771. The lowest BCUT2D eigenvalue weighted by atomic mass is 10.2. The van der Waals surface area contributed by atoms with Crippen LogP contribution in [0.3, 0.4) is 0 Å². The number of thioether (sulfide) groups is 1. The number of hydrogen-bond acceptors (Lipinski definition) is 4. The van der Waals surface area contributed by atoms with E-state index in [2.05, 4.69) is 5.10 Å². The molecular weight excluding hydrogens is 267 g/mol. The summed E-state index contributed by atoms with van der Waals surface area (Å²) >= 11 is 1.26. The van der Waals surface area contributed by atoms with Gasteiger partial charge in [0.1, 0.15) is 17.6 Å². The summed E-state index contributed by atoms with van der Waals surface area (Å²) < 4.78 is 20.2. The van der Waals surface area contributed by atoms with E-state index in [0.717, 1.165) is 0 Å². The minimum Gasteiger partial charge on any atom is -0.493 e. The van der Waals surface area contributed by atoms with Crippen molar-refractivity contribution in [2.75, 3.05) is 12.9 Å². The molecule has 0 radical (unpaired) electrons. The standard InChI is InChI=1S/C13H15FN2O2S/c1-16-13(11(18-2)7-15-16)10(17)8-19-12-6-4-3-5-9(12)14/h3-7,10,17H,8H2,1-2H3. The first kappa shape index (κ1) is 13.9. The van der Waals surface area contributed by atoms with E-state index < -0.39 is 6.10 Å². The summed E-state index contributed by atoms with van der Waals surface area (Å²) in [7, 11) is 3.26. The summed E-state index contributed by atoms with van der Waals surface area (Å²) in [6.45, 7) is 0. The van der Waals surface area contributed by atoms with Crippen molar-refractivity contribution in [3.05, 3.63) is 42.0 Å². The number of nitrogens with zero attached hydrogens (tertiary/aromatic N) is 2. The van der Waals surface area contributed by atoms with Crippen LogP contribution in [-0.4, -0.2) is 27.7 Å². The fourth-order valence-electron chi connectivity index (χ4n) is 1.77. The number of aryl methyl sites for hydroxylation is 1. The predicted molar refractivity (Wildman–Crippen MR) is 71.8 cm³/mol. The van der Waals surface area contributed by atoms with Gasteiger partial charge in [0.15, 0.2) is 5.75 Å². The van der Waals surface area contributed by atoms with E-state index in [1.54, 1.807) is 36.1 Å². The van der Waals surface area contributed by atoms with E-state index in [9.17, 15) is 9.50 Å². The van der Waals surface area contributed by atoms with Crippen LogP contribution in [0.25, 0.3) is 0 Å². The van der Waals surface area contributed by atoms with Crippen molar-refractivity contribution in [2.24, 2.45) is 7.05 Å². The summed E-state index contributed by atoms with van der Waals surface area (Å²) in [4.78, 5) is 0.516. The maximum atomic E-state index is 13.5. The highest BCUT2D eigenvalue weighted by Crippen LogP contribution is 2.30. The van der Waals surface area contributed by atoms with Crippen molar-refractivity contribution in [1.29, 1.82) is 0 Å². The Bertz CT molecular complexity index is 559. The lowest BCUT2D eigenvalue weighted by molar-refractivity contribution is 0.188. The number of halogens is 1. The molecule has 0 aliphatic heterocycles. The van der Waals surface area contributed by atoms with E-state index in [0.29, 0.717) is 22.1 Å². The molecule has 0 saturated heterocycles. The van der Waals surface area contributed by atoms with Gasteiger partial charge >= 0.3 is 0 Å². The number of rotatable bonds is 5. The number of aromatic nitrogens is 2. The van der Waals surface area contributed by atoms with Crippen LogP contribution in [-0.2, 0) is 7.05 Å². The molecule has 0 aliphatic rings. The molecule has 0 fully saturated rings. The second-order valence-electron chi connectivity index (χ2n) is 3.98. The number of aliphatic hydroxyl groups excluding tert-OH is 1. The first-order chi connectivity index (χ1) is 9.13. The molecule has 19 heavy (non-hydrogen) atoms. The second kappa shape index (κ2) is 6.08. The number of ether oxygens (including phenoxy) is 1. The Morgan fingerprint density at radius 1 is 1.47 bits per heavy atom. The molecule has 1 aromatic carbocycles. The molecule has 2 rings (SSSR count). The van der Waals surface area contributed by atoms with E-state index in [4.69, 9.17) is 4.74 Å². The third kappa shape index (κ3) is 3.08. The van der Waals surface area contributed by atoms with Crippen molar-refractivity contribution < 1.29 is 14.2 Å². The van der Waals surface area contributed by atoms with E-state index in [-0.39, 0.29) is 5.82 Å². The Balaban J connectivity index is 2.07. The molecule has 0 bridgehead atoms. The maximum absolute atomic E-state index is 13.5. The molecule has 0 saturated carbocycles. The SMILES string of the molecule is COc1cnn(C)c1C(O)CSc1ccccc1F. The van der Waals surface area contributed by atoms with E-state index in [1.807, 2.05) is 0 Å². The quantitative estimate of drug-likeness (QED) is 0.855. The molecule has 2 aromatic rings. The van der Waals surface area contributed by atoms with Crippen LogP contribution >= 0.6 is 11.8 Å². The molecule has 6 heteroatoms. The van der Waals surface area contributed by atoms with Crippen LogP contribution in [0.4, 0.5) is 4.39 Å². The predicted octanol–water partition coefficient (Wildman–Crippen LogP) is 2.39. The number of hydrogen-bond donors (Lipinski definition) is 1. The summed E-state index contributed by atoms with van der Waals surface area (Å²) in [6, 6.07) is 6.50. The van der Waals surface area contributed by atoms with Gasteiger partial charge in [-0.25, -0.2) is 4.39 Å². The smallest absolute Gasteiger partial charge is 0.162 e. The number of methoxy groups -OCH3 is 1. The van der Waals surface area contributed by atoms with Gasteiger partial charge in [-0.3, -0.25) is 4.68 Å². The molecule has 1 N–H and O–H groups in total. The molecule has 1 atom stereocenters. The van der Waals surface area contributed by atoms with Crippen LogP contribution < -0.4 is 4.74 Å². The number of benzene rings is 1. The van der Waals surface area contributed by atoms with Gasteiger partial charge in [-0.2, -0.15) is 5.10 Å². The molecule has 1 heterocycles. The monoisotopic (exact) mass is 282 g/mol. The highest BCUT2D eigenvalue weighted by Gasteiger charge is 2.19. The van der Waals surface area contributed by atoms with Gasteiger partial charge in [-0.05, 0) is 12.1 Å². The summed E-state index contributed by atoms with van der Waals surface area (Å²) in [6.07, 6.45) is 0.777. The van der Waals surface area contributed by atoms with E-state index in [1.165, 1.54) is 24.9 Å². The lowest BCUT2D eigenvalue weighted by Gasteiger charge is -2.12. The summed E-state index contributed by atoms with van der Waals surface area (Å²) in [5.74, 6) is 0.581. The first-order valence-corrected chi connectivity index (χ1v) is 6.73. The normalized spacial score (nSPS) is 12.4. The summed E-state index contributed by atoms with van der Waals surface area (Å²) in [5, 5.41) is 14.2. The second-order valence-corrected chi connectivity index (χ2v) is 5.04. The van der Waals surface area contributed by atoms with Crippen molar-refractivity contribution in [2.45, 2.75) is 11.0 Å². The molecule has 0 spiro atoms. The van der Waals surface area contributed by atoms with Gasteiger partial charge in [-0.15, -0.1) is 11.8 Å². The van der Waals surface area contributed by atoms with Crippen molar-refractivity contribution in [3.8, 4) is 5.75 Å². The molecule has 0 aliphatic carbocycles. The minimum absolute atomic E-state index is 0.281. The Hall–Kier alpha value is -1.53. The topological polar surface area (TPSA) is 47.3 Å². The van der Waals surface area contributed by atoms with Gasteiger partial charge in [0.05, 0.1) is 13.3 Å². The van der Waals surface area contributed by atoms with Gasteiger partial charge in [-0.1, -0.05) is 12.1 Å². The molecule has 1 aromatic heterocycles. The van der Waals surface area contributed by atoms with Gasteiger partial charge in [0.2, 0.25) is 0 Å². The molecule has 1 unspecified atom stereocenters. The molecule has 4 nitrogen and oxygen atoms in total. The zero-order chi connectivity index (χ0) is 13.8. The maximum Gasteiger partial charge on any atom is 0.162 e. The van der Waals surface area contributed by atoms with Gasteiger partial charge in [0, 0.05) is 17.7 Å². The zero-order valence-electron chi connectivity index (χ0n) is 10.7. The van der Waals surface area contributed by atoms with Crippen LogP contribution in [0.1, 0.15) is 11.8 Å². The average molecular weight is 282 g/mol. The fraction of sp³-hybridized carbons (Fsp3) is 0.308. The lowest BCUT2D eigenvalue weighted by Crippen LogP contribution is -2.09. The molecular formula is C13H15FN2O2S. The average Bonchev–Trinajstić information content (AvgIpc) is 2.78. The highest BCUT2D eigenvalue weighted by atomic mass is 32.2. The van der Waals surface area contributed by atoms with Crippen molar-refractivity contribution in [3.63, 3.8) is 0 Å². The van der Waals surface area contributed by atoms with Crippen LogP contribution in [0.15, 0.2) is 35.4 Å². The Labute approximate surface area is 115 Å². The third-order valence-corrected chi connectivity index (χ3v) is 3.84. The largest absolute Gasteiger partial charge is 0.493 e. The van der Waals surface area contributed by atoms with Crippen LogP contribution in [0, 0.1) is 5.82 Å². The van der Waals surface area contributed by atoms with E-state index >= 15 is 0 Å². The Kier molecular flexibility index (Phi) is 4.44. The zero-order valence-corrected chi connectivity index (χ0v) is 11.5. The number of aliphatic hydroxyl groups is 1. The molecule has 0 amide bonds. The first-order valence-electron chi connectivity index (χ1n) is 5.74. The summed E-state index contributed by atoms with van der Waals surface area (Å²) in [5.41, 5.74) is 0.589.